The Morgan fingerprint density at radius 3 is 2.24 bits per heavy atom. The first kappa shape index (κ1) is 13.1. The summed E-state index contributed by atoms with van der Waals surface area (Å²) in [6.07, 6.45) is -2.48. The molecule has 1 atom stereocenters. The summed E-state index contributed by atoms with van der Waals surface area (Å²) in [5, 5.41) is 11.0. The number of rotatable bonds is 6. The fraction of sp³-hybridized carbons (Fsp3) is 0.273. The Labute approximate surface area is 96.3 Å². The van der Waals surface area contributed by atoms with Crippen LogP contribution in [0.1, 0.15) is 30.0 Å². The minimum Gasteiger partial charge on any atom is -0.481 e. The van der Waals surface area contributed by atoms with E-state index in [4.69, 9.17) is 5.11 Å². The van der Waals surface area contributed by atoms with Gasteiger partial charge >= 0.3 is 5.97 Å². The van der Waals surface area contributed by atoms with E-state index in [2.05, 4.69) is 5.32 Å². The largest absolute Gasteiger partial charge is 0.481 e. The number of alkyl halides is 2. The number of carboxylic acids is 1. The zero-order valence-electron chi connectivity index (χ0n) is 8.77. The molecule has 4 nitrogen and oxygen atoms in total. The molecular weight excluding hydrogens is 232 g/mol. The molecule has 0 spiro atoms. The van der Waals surface area contributed by atoms with Gasteiger partial charge in [0.25, 0.3) is 6.43 Å². The summed E-state index contributed by atoms with van der Waals surface area (Å²) >= 11 is 0. The van der Waals surface area contributed by atoms with E-state index < -0.39 is 18.4 Å². The van der Waals surface area contributed by atoms with Crippen LogP contribution in [0.5, 0.6) is 0 Å². The van der Waals surface area contributed by atoms with E-state index in [-0.39, 0.29) is 12.0 Å². The lowest BCUT2D eigenvalue weighted by Gasteiger charge is -2.14. The Morgan fingerprint density at radius 1 is 1.29 bits per heavy atom. The molecule has 0 saturated carbocycles. The van der Waals surface area contributed by atoms with Gasteiger partial charge in [0.1, 0.15) is 0 Å². The first-order valence-corrected chi connectivity index (χ1v) is 4.84. The zero-order valence-corrected chi connectivity index (χ0v) is 8.77. The van der Waals surface area contributed by atoms with Gasteiger partial charge in [0.15, 0.2) is 0 Å². The highest BCUT2D eigenvalue weighted by Crippen LogP contribution is 2.22. The molecule has 1 aromatic rings. The van der Waals surface area contributed by atoms with Crippen molar-refractivity contribution in [3.05, 3.63) is 35.4 Å². The van der Waals surface area contributed by atoms with Gasteiger partial charge in [0.2, 0.25) is 6.41 Å². The monoisotopic (exact) mass is 243 g/mol. The lowest BCUT2D eigenvalue weighted by molar-refractivity contribution is -0.137. The van der Waals surface area contributed by atoms with E-state index in [9.17, 15) is 18.4 Å². The number of benzene rings is 1. The van der Waals surface area contributed by atoms with Crippen molar-refractivity contribution in [2.75, 3.05) is 0 Å². The van der Waals surface area contributed by atoms with Crippen molar-refractivity contribution in [3.63, 3.8) is 0 Å². The molecule has 1 amide bonds. The Bertz CT molecular complexity index is 392. The first-order valence-electron chi connectivity index (χ1n) is 4.84. The van der Waals surface area contributed by atoms with Crippen molar-refractivity contribution in [3.8, 4) is 0 Å². The topological polar surface area (TPSA) is 66.4 Å². The molecule has 0 aromatic heterocycles. The van der Waals surface area contributed by atoms with Gasteiger partial charge in [-0.2, -0.15) is 0 Å². The number of hydrogen-bond donors (Lipinski definition) is 2. The Kier molecular flexibility index (Phi) is 4.56. The number of aliphatic carboxylic acids is 1. The quantitative estimate of drug-likeness (QED) is 0.750. The number of hydrogen-bond acceptors (Lipinski definition) is 2. The fourth-order valence-corrected chi connectivity index (χ4v) is 1.40. The second-order valence-corrected chi connectivity index (χ2v) is 3.40. The van der Waals surface area contributed by atoms with E-state index >= 15 is 0 Å². The lowest BCUT2D eigenvalue weighted by atomic mass is 10.0. The minimum atomic E-state index is -2.57. The van der Waals surface area contributed by atoms with Crippen molar-refractivity contribution >= 4 is 12.4 Å². The lowest BCUT2D eigenvalue weighted by Crippen LogP contribution is -2.22. The predicted molar refractivity (Wildman–Crippen MR) is 55.6 cm³/mol. The Balaban J connectivity index is 2.86. The van der Waals surface area contributed by atoms with Crippen LogP contribution >= 0.6 is 0 Å². The molecule has 0 fully saturated rings. The molecule has 17 heavy (non-hydrogen) atoms. The highest BCUT2D eigenvalue weighted by Gasteiger charge is 2.15. The molecule has 92 valence electrons. The van der Waals surface area contributed by atoms with Gasteiger partial charge < -0.3 is 10.4 Å². The van der Waals surface area contributed by atoms with Crippen LogP contribution in [0.4, 0.5) is 8.78 Å². The number of halogens is 2. The number of carboxylic acid groups (broad SMARTS) is 1. The third-order valence-electron chi connectivity index (χ3n) is 2.24. The van der Waals surface area contributed by atoms with Gasteiger partial charge in [-0.1, -0.05) is 24.3 Å². The Hall–Kier alpha value is -1.98. The van der Waals surface area contributed by atoms with Crippen LogP contribution in [-0.2, 0) is 9.59 Å². The van der Waals surface area contributed by atoms with Gasteiger partial charge in [-0.3, -0.25) is 9.59 Å². The maximum Gasteiger partial charge on any atom is 0.305 e. The molecule has 0 aliphatic carbocycles. The molecule has 2 N–H and O–H groups in total. The van der Waals surface area contributed by atoms with Gasteiger partial charge in [-0.15, -0.1) is 0 Å². The summed E-state index contributed by atoms with van der Waals surface area (Å²) < 4.78 is 24.6. The van der Waals surface area contributed by atoms with Crippen molar-refractivity contribution in [1.82, 2.24) is 5.32 Å². The molecule has 6 heteroatoms. The molecule has 0 radical (unpaired) electrons. The van der Waals surface area contributed by atoms with Gasteiger partial charge in [-0.05, 0) is 5.56 Å². The van der Waals surface area contributed by atoms with E-state index in [1.54, 1.807) is 0 Å². The van der Waals surface area contributed by atoms with Crippen LogP contribution in [0.3, 0.4) is 0 Å². The summed E-state index contributed by atoms with van der Waals surface area (Å²) in [5.41, 5.74) is 0.331. The number of amides is 1. The zero-order chi connectivity index (χ0) is 12.8. The van der Waals surface area contributed by atoms with Crippen LogP contribution < -0.4 is 5.32 Å². The highest BCUT2D eigenvalue weighted by molar-refractivity contribution is 5.68. The summed E-state index contributed by atoms with van der Waals surface area (Å²) in [4.78, 5) is 20.9. The summed E-state index contributed by atoms with van der Waals surface area (Å²) in [7, 11) is 0. The molecule has 0 unspecified atom stereocenters. The average Bonchev–Trinajstić information content (AvgIpc) is 2.28. The number of carbonyl (C=O) groups excluding carboxylic acids is 1. The SMILES string of the molecule is O=CN[C@H](CC(=O)O)c1ccc(C(F)F)cc1. The van der Waals surface area contributed by atoms with Crippen LogP contribution in [0.15, 0.2) is 24.3 Å². The Morgan fingerprint density at radius 2 is 1.82 bits per heavy atom. The molecule has 0 heterocycles. The maximum atomic E-state index is 12.3. The van der Waals surface area contributed by atoms with Crippen LogP contribution in [0.25, 0.3) is 0 Å². The van der Waals surface area contributed by atoms with E-state index in [1.165, 1.54) is 24.3 Å². The molecule has 0 saturated heterocycles. The molecule has 0 bridgehead atoms. The van der Waals surface area contributed by atoms with Crippen molar-refractivity contribution in [2.45, 2.75) is 18.9 Å². The van der Waals surface area contributed by atoms with E-state index in [0.717, 1.165) is 0 Å². The normalized spacial score (nSPS) is 12.2. The maximum absolute atomic E-state index is 12.3. The summed E-state index contributed by atoms with van der Waals surface area (Å²) in [6.45, 7) is 0. The smallest absolute Gasteiger partial charge is 0.305 e. The summed E-state index contributed by atoms with van der Waals surface area (Å²) in [5.74, 6) is -1.08. The number of nitrogens with one attached hydrogen (secondary N) is 1. The standard InChI is InChI=1S/C11H11F2NO3/c12-11(13)8-3-1-7(2-4-8)9(14-6-15)5-10(16)17/h1-4,6,9,11H,5H2,(H,14,15)(H,16,17)/t9-/m1/s1. The van der Waals surface area contributed by atoms with Crippen molar-refractivity contribution in [2.24, 2.45) is 0 Å². The van der Waals surface area contributed by atoms with E-state index in [0.29, 0.717) is 12.0 Å². The second kappa shape index (κ2) is 5.93. The van der Waals surface area contributed by atoms with E-state index in [1.807, 2.05) is 0 Å². The molecule has 1 rings (SSSR count). The van der Waals surface area contributed by atoms with Crippen LogP contribution in [0.2, 0.25) is 0 Å². The average molecular weight is 243 g/mol. The van der Waals surface area contributed by atoms with Crippen molar-refractivity contribution < 1.29 is 23.5 Å². The van der Waals surface area contributed by atoms with Crippen molar-refractivity contribution in [1.29, 1.82) is 0 Å². The van der Waals surface area contributed by atoms with Gasteiger partial charge in [0.05, 0.1) is 12.5 Å². The summed E-state index contributed by atoms with van der Waals surface area (Å²) in [6, 6.07) is 4.47. The molecule has 1 aromatic carbocycles. The fourth-order valence-electron chi connectivity index (χ4n) is 1.40. The van der Waals surface area contributed by atoms with Gasteiger partial charge in [-0.25, -0.2) is 8.78 Å². The molecule has 0 aliphatic rings. The first-order chi connectivity index (χ1) is 8.04. The van der Waals surface area contributed by atoms with Gasteiger partial charge in [0, 0.05) is 5.56 Å². The number of carbonyl (C=O) groups is 2. The third kappa shape index (κ3) is 3.82. The minimum absolute atomic E-state index is 0.145. The molecular formula is C11H11F2NO3. The molecule has 0 aliphatic heterocycles. The predicted octanol–water partition coefficient (Wildman–Crippen LogP) is 1.89. The second-order valence-electron chi connectivity index (χ2n) is 3.40. The highest BCUT2D eigenvalue weighted by atomic mass is 19.3. The third-order valence-corrected chi connectivity index (χ3v) is 2.24. The van der Waals surface area contributed by atoms with Crippen LogP contribution in [-0.4, -0.2) is 17.5 Å². The van der Waals surface area contributed by atoms with Crippen LogP contribution in [0, 0.1) is 0 Å².